The van der Waals surface area contributed by atoms with Crippen molar-refractivity contribution in [2.24, 2.45) is 11.8 Å². The van der Waals surface area contributed by atoms with Crippen LogP contribution < -0.4 is 10.6 Å². The Morgan fingerprint density at radius 2 is 1.89 bits per heavy atom. The third kappa shape index (κ3) is 6.94. The van der Waals surface area contributed by atoms with Crippen molar-refractivity contribution in [2.75, 3.05) is 26.2 Å². The lowest BCUT2D eigenvalue weighted by Gasteiger charge is -2.30. The summed E-state index contributed by atoms with van der Waals surface area (Å²) in [6, 6.07) is 4.07. The molecule has 0 bridgehead atoms. The van der Waals surface area contributed by atoms with Gasteiger partial charge < -0.3 is 15.5 Å². The van der Waals surface area contributed by atoms with Crippen molar-refractivity contribution in [3.05, 3.63) is 33.8 Å². The lowest BCUT2D eigenvalue weighted by molar-refractivity contribution is -0.123. The van der Waals surface area contributed by atoms with Crippen LogP contribution in [0.3, 0.4) is 0 Å². The van der Waals surface area contributed by atoms with E-state index >= 15 is 0 Å². The molecular weight excluding hydrogens is 397 g/mol. The highest BCUT2D eigenvalue weighted by atomic mass is 35.5. The molecule has 28 heavy (non-hydrogen) atoms. The number of likely N-dealkylation sites (tertiary alicyclic amines) is 1. The summed E-state index contributed by atoms with van der Waals surface area (Å²) in [5, 5.41) is 6.49. The zero-order chi connectivity index (χ0) is 20.7. The smallest absolute Gasteiger partial charge is 0.253 e. The predicted octanol–water partition coefficient (Wildman–Crippen LogP) is 3.99. The maximum atomic E-state index is 12.6. The summed E-state index contributed by atoms with van der Waals surface area (Å²) < 4.78 is 0. The van der Waals surface area contributed by atoms with Gasteiger partial charge in [-0.15, -0.1) is 0 Å². The van der Waals surface area contributed by atoms with Crippen LogP contribution in [0, 0.1) is 11.8 Å². The van der Waals surface area contributed by atoms with Gasteiger partial charge in [-0.05, 0) is 68.9 Å². The number of carbonyl (C=O) groups excluding carboxylic acids is 2. The predicted molar refractivity (Wildman–Crippen MR) is 115 cm³/mol. The van der Waals surface area contributed by atoms with E-state index in [1.807, 2.05) is 13.8 Å². The lowest BCUT2D eigenvalue weighted by atomic mass is 9.99. The molecule has 2 N–H and O–H groups in total. The minimum Gasteiger partial charge on any atom is -0.354 e. The van der Waals surface area contributed by atoms with E-state index in [0.29, 0.717) is 17.1 Å². The van der Waals surface area contributed by atoms with Gasteiger partial charge in [-0.3, -0.25) is 9.59 Å². The Hall–Kier alpha value is -1.30. The molecule has 156 valence electrons. The van der Waals surface area contributed by atoms with E-state index in [4.69, 9.17) is 23.2 Å². The number of hydrogen-bond acceptors (Lipinski definition) is 3. The fraction of sp³-hybridized carbons (Fsp3) is 0.619. The summed E-state index contributed by atoms with van der Waals surface area (Å²) in [6.45, 7) is 9.99. The second-order valence-electron chi connectivity index (χ2n) is 7.99. The van der Waals surface area contributed by atoms with Crippen LogP contribution >= 0.6 is 23.2 Å². The van der Waals surface area contributed by atoms with Gasteiger partial charge in [-0.2, -0.15) is 0 Å². The lowest BCUT2D eigenvalue weighted by Crippen LogP contribution is -2.50. The normalized spacial score (nSPS) is 16.8. The number of carbonyl (C=O) groups is 2. The van der Waals surface area contributed by atoms with Crippen LogP contribution in [0.2, 0.25) is 10.0 Å². The molecule has 0 spiro atoms. The van der Waals surface area contributed by atoms with E-state index in [1.54, 1.807) is 12.1 Å². The SMILES string of the molecule is CC1CCN(CCCNC(=O)C(NC(=O)c2ccc(Cl)cc2Cl)C(C)C)CC1. The van der Waals surface area contributed by atoms with Gasteiger partial charge in [0.1, 0.15) is 6.04 Å². The topological polar surface area (TPSA) is 61.4 Å². The Labute approximate surface area is 178 Å². The number of piperidine rings is 1. The monoisotopic (exact) mass is 427 g/mol. The number of hydrogen-bond donors (Lipinski definition) is 2. The van der Waals surface area contributed by atoms with Crippen molar-refractivity contribution in [3.8, 4) is 0 Å². The number of benzene rings is 1. The molecule has 7 heteroatoms. The molecule has 1 atom stereocenters. The number of halogens is 2. The number of nitrogens with one attached hydrogen (secondary N) is 2. The first kappa shape index (κ1) is 23.0. The second-order valence-corrected chi connectivity index (χ2v) is 8.83. The quantitative estimate of drug-likeness (QED) is 0.616. The van der Waals surface area contributed by atoms with E-state index in [2.05, 4.69) is 22.5 Å². The molecule has 0 saturated carbocycles. The molecule has 1 aromatic rings. The molecular formula is C21H31Cl2N3O2. The van der Waals surface area contributed by atoms with E-state index in [9.17, 15) is 9.59 Å². The fourth-order valence-electron chi connectivity index (χ4n) is 3.34. The van der Waals surface area contributed by atoms with Crippen LogP contribution in [-0.4, -0.2) is 48.9 Å². The molecule has 1 aromatic carbocycles. The first-order valence-electron chi connectivity index (χ1n) is 10.0. The van der Waals surface area contributed by atoms with Crippen LogP contribution in [0.25, 0.3) is 0 Å². The van der Waals surface area contributed by atoms with E-state index in [1.165, 1.54) is 18.9 Å². The highest BCUT2D eigenvalue weighted by molar-refractivity contribution is 6.36. The first-order chi connectivity index (χ1) is 13.3. The Balaban J connectivity index is 1.81. The Bertz CT molecular complexity index is 674. The summed E-state index contributed by atoms with van der Waals surface area (Å²) >= 11 is 12.0. The molecule has 0 aromatic heterocycles. The maximum absolute atomic E-state index is 12.6. The molecule has 0 aliphatic carbocycles. The molecule has 1 aliphatic heterocycles. The van der Waals surface area contributed by atoms with Crippen molar-refractivity contribution in [1.82, 2.24) is 15.5 Å². The molecule has 2 rings (SSSR count). The van der Waals surface area contributed by atoms with Gasteiger partial charge in [-0.25, -0.2) is 0 Å². The van der Waals surface area contributed by atoms with Gasteiger partial charge in [-0.1, -0.05) is 44.0 Å². The third-order valence-corrected chi connectivity index (χ3v) is 5.79. The average Bonchev–Trinajstić information content (AvgIpc) is 2.64. The minimum absolute atomic E-state index is 0.0430. The molecule has 1 fully saturated rings. The molecule has 1 saturated heterocycles. The van der Waals surface area contributed by atoms with Gasteiger partial charge in [0, 0.05) is 11.6 Å². The number of amides is 2. The minimum atomic E-state index is -0.616. The zero-order valence-corrected chi connectivity index (χ0v) is 18.4. The van der Waals surface area contributed by atoms with Crippen LogP contribution in [0.1, 0.15) is 50.4 Å². The zero-order valence-electron chi connectivity index (χ0n) is 16.9. The molecule has 1 heterocycles. The summed E-state index contributed by atoms with van der Waals surface area (Å²) in [5.41, 5.74) is 0.309. The van der Waals surface area contributed by atoms with Crippen LogP contribution in [0.4, 0.5) is 0 Å². The molecule has 0 radical (unpaired) electrons. The van der Waals surface area contributed by atoms with Gasteiger partial charge >= 0.3 is 0 Å². The maximum Gasteiger partial charge on any atom is 0.253 e. The van der Waals surface area contributed by atoms with Gasteiger partial charge in [0.05, 0.1) is 10.6 Å². The van der Waals surface area contributed by atoms with Crippen molar-refractivity contribution in [2.45, 2.75) is 46.1 Å². The highest BCUT2D eigenvalue weighted by Gasteiger charge is 2.25. The van der Waals surface area contributed by atoms with E-state index in [0.717, 1.165) is 32.0 Å². The summed E-state index contributed by atoms with van der Waals surface area (Å²) in [4.78, 5) is 27.6. The molecule has 2 amide bonds. The van der Waals surface area contributed by atoms with E-state index < -0.39 is 6.04 Å². The molecule has 1 aliphatic rings. The largest absolute Gasteiger partial charge is 0.354 e. The number of nitrogens with zero attached hydrogens (tertiary/aromatic N) is 1. The Morgan fingerprint density at radius 3 is 2.50 bits per heavy atom. The van der Waals surface area contributed by atoms with Gasteiger partial charge in [0.25, 0.3) is 5.91 Å². The van der Waals surface area contributed by atoms with Crippen molar-refractivity contribution < 1.29 is 9.59 Å². The standard InChI is InChI=1S/C21H31Cl2N3O2/c1-14(2)19(25-20(27)17-6-5-16(22)13-18(17)23)21(28)24-9-4-10-26-11-7-15(3)8-12-26/h5-6,13-15,19H,4,7-12H2,1-3H3,(H,24,28)(H,25,27). The average molecular weight is 428 g/mol. The fourth-order valence-corrected chi connectivity index (χ4v) is 3.83. The van der Waals surface area contributed by atoms with Gasteiger partial charge in [0.15, 0.2) is 0 Å². The van der Waals surface area contributed by atoms with Crippen molar-refractivity contribution in [3.63, 3.8) is 0 Å². The summed E-state index contributed by atoms with van der Waals surface area (Å²) in [7, 11) is 0. The number of rotatable bonds is 8. The van der Waals surface area contributed by atoms with Gasteiger partial charge in [0.2, 0.25) is 5.91 Å². The molecule has 5 nitrogen and oxygen atoms in total. The summed E-state index contributed by atoms with van der Waals surface area (Å²) in [5.74, 6) is 0.234. The third-order valence-electron chi connectivity index (χ3n) is 5.24. The second kappa shape index (κ2) is 11.0. The summed E-state index contributed by atoms with van der Waals surface area (Å²) in [6.07, 6.45) is 3.41. The van der Waals surface area contributed by atoms with Crippen molar-refractivity contribution in [1.29, 1.82) is 0 Å². The molecule has 1 unspecified atom stereocenters. The highest BCUT2D eigenvalue weighted by Crippen LogP contribution is 2.21. The Kier molecular flexibility index (Phi) is 9.06. The van der Waals surface area contributed by atoms with Crippen LogP contribution in [0.15, 0.2) is 18.2 Å². The first-order valence-corrected chi connectivity index (χ1v) is 10.8. The van der Waals surface area contributed by atoms with E-state index in [-0.39, 0.29) is 22.8 Å². The van der Waals surface area contributed by atoms with Crippen LogP contribution in [-0.2, 0) is 4.79 Å². The Morgan fingerprint density at radius 1 is 1.21 bits per heavy atom. The van der Waals surface area contributed by atoms with Crippen molar-refractivity contribution >= 4 is 35.0 Å². The van der Waals surface area contributed by atoms with Crippen LogP contribution in [0.5, 0.6) is 0 Å².